The molecule has 0 bridgehead atoms. The molecular weight excluding hydrogens is 246 g/mol. The van der Waals surface area contributed by atoms with Gasteiger partial charge in [-0.05, 0) is 26.0 Å². The summed E-state index contributed by atoms with van der Waals surface area (Å²) < 4.78 is 0. The van der Waals surface area contributed by atoms with Crippen LogP contribution in [0.15, 0.2) is 12.1 Å². The highest BCUT2D eigenvalue weighted by atomic mass is 32.1. The van der Waals surface area contributed by atoms with Crippen molar-refractivity contribution in [3.05, 3.63) is 21.9 Å². The number of hydrogen-bond acceptors (Lipinski definition) is 4. The molecule has 2 atom stereocenters. The summed E-state index contributed by atoms with van der Waals surface area (Å²) in [6, 6.07) is 4.58. The van der Waals surface area contributed by atoms with Crippen molar-refractivity contribution in [3.8, 4) is 0 Å². The third-order valence-corrected chi connectivity index (χ3v) is 4.36. The lowest BCUT2D eigenvalue weighted by Gasteiger charge is -2.32. The molecule has 5 heteroatoms. The maximum absolute atomic E-state index is 11.4. The molecule has 18 heavy (non-hydrogen) atoms. The number of carbonyl (C=O) groups excluding carboxylic acids is 1. The van der Waals surface area contributed by atoms with Crippen LogP contribution in [0.5, 0.6) is 0 Å². The van der Waals surface area contributed by atoms with Crippen molar-refractivity contribution in [1.82, 2.24) is 10.2 Å². The SMILES string of the molecule is Cc1ccc(C(C(C)N)N2CCNC(=O)CC2)s1. The summed E-state index contributed by atoms with van der Waals surface area (Å²) >= 11 is 1.80. The molecule has 4 nitrogen and oxygen atoms in total. The molecule has 0 aliphatic carbocycles. The third-order valence-electron chi connectivity index (χ3n) is 3.29. The molecule has 1 fully saturated rings. The maximum Gasteiger partial charge on any atom is 0.221 e. The van der Waals surface area contributed by atoms with Crippen LogP contribution in [0.25, 0.3) is 0 Å². The van der Waals surface area contributed by atoms with E-state index in [2.05, 4.69) is 29.3 Å². The molecular formula is C13H21N3OS. The summed E-state index contributed by atoms with van der Waals surface area (Å²) in [7, 11) is 0. The number of hydrogen-bond donors (Lipinski definition) is 2. The molecule has 1 aliphatic heterocycles. The second-order valence-electron chi connectivity index (χ2n) is 4.89. The minimum absolute atomic E-state index is 0.0660. The van der Waals surface area contributed by atoms with Gasteiger partial charge in [0.1, 0.15) is 0 Å². The van der Waals surface area contributed by atoms with E-state index in [4.69, 9.17) is 5.73 Å². The van der Waals surface area contributed by atoms with E-state index < -0.39 is 0 Å². The Morgan fingerprint density at radius 3 is 2.83 bits per heavy atom. The Balaban J connectivity index is 2.17. The van der Waals surface area contributed by atoms with Crippen LogP contribution in [-0.2, 0) is 4.79 Å². The van der Waals surface area contributed by atoms with Gasteiger partial charge in [0.2, 0.25) is 5.91 Å². The molecule has 0 saturated carbocycles. The number of rotatable bonds is 3. The number of carbonyl (C=O) groups is 1. The molecule has 2 unspecified atom stereocenters. The first-order valence-electron chi connectivity index (χ1n) is 6.40. The highest BCUT2D eigenvalue weighted by Gasteiger charge is 2.27. The monoisotopic (exact) mass is 267 g/mol. The molecule has 1 aromatic rings. The number of nitrogens with one attached hydrogen (secondary N) is 1. The lowest BCUT2D eigenvalue weighted by molar-refractivity contribution is -0.120. The molecule has 2 heterocycles. The van der Waals surface area contributed by atoms with Crippen molar-refractivity contribution >= 4 is 17.2 Å². The predicted molar refractivity (Wildman–Crippen MR) is 74.6 cm³/mol. The zero-order chi connectivity index (χ0) is 13.1. The zero-order valence-electron chi connectivity index (χ0n) is 11.0. The van der Waals surface area contributed by atoms with Crippen LogP contribution in [-0.4, -0.2) is 36.5 Å². The Bertz CT molecular complexity index is 416. The minimum Gasteiger partial charge on any atom is -0.355 e. The molecule has 2 rings (SSSR count). The smallest absolute Gasteiger partial charge is 0.221 e. The van der Waals surface area contributed by atoms with Gasteiger partial charge < -0.3 is 11.1 Å². The summed E-state index contributed by atoms with van der Waals surface area (Å²) in [6.07, 6.45) is 0.563. The van der Waals surface area contributed by atoms with Crippen molar-refractivity contribution in [2.75, 3.05) is 19.6 Å². The maximum atomic E-state index is 11.4. The summed E-state index contributed by atoms with van der Waals surface area (Å²) in [4.78, 5) is 16.3. The molecule has 1 aliphatic rings. The molecule has 0 radical (unpaired) electrons. The van der Waals surface area contributed by atoms with E-state index in [-0.39, 0.29) is 18.0 Å². The van der Waals surface area contributed by atoms with Crippen LogP contribution in [0.1, 0.15) is 29.1 Å². The second kappa shape index (κ2) is 5.82. The van der Waals surface area contributed by atoms with Crippen molar-refractivity contribution in [3.63, 3.8) is 0 Å². The lowest BCUT2D eigenvalue weighted by Crippen LogP contribution is -2.40. The molecule has 3 N–H and O–H groups in total. The molecule has 100 valence electrons. The Hall–Kier alpha value is -0.910. The van der Waals surface area contributed by atoms with Crippen molar-refractivity contribution < 1.29 is 4.79 Å². The van der Waals surface area contributed by atoms with Gasteiger partial charge in [-0.1, -0.05) is 0 Å². The third kappa shape index (κ3) is 3.10. The predicted octanol–water partition coefficient (Wildman–Crippen LogP) is 1.27. The van der Waals surface area contributed by atoms with Crippen LogP contribution in [0.2, 0.25) is 0 Å². The first-order valence-corrected chi connectivity index (χ1v) is 7.22. The Labute approximate surface area is 112 Å². The van der Waals surface area contributed by atoms with E-state index in [9.17, 15) is 4.79 Å². The first kappa shape index (κ1) is 13.5. The van der Waals surface area contributed by atoms with Crippen molar-refractivity contribution in [2.24, 2.45) is 5.73 Å². The van der Waals surface area contributed by atoms with E-state index in [0.29, 0.717) is 13.0 Å². The highest BCUT2D eigenvalue weighted by Crippen LogP contribution is 2.30. The zero-order valence-corrected chi connectivity index (χ0v) is 11.8. The van der Waals surface area contributed by atoms with Gasteiger partial charge in [0, 0.05) is 41.9 Å². The van der Waals surface area contributed by atoms with Gasteiger partial charge in [0.25, 0.3) is 0 Å². The van der Waals surface area contributed by atoms with Crippen LogP contribution in [0.3, 0.4) is 0 Å². The van der Waals surface area contributed by atoms with Crippen LogP contribution >= 0.6 is 11.3 Å². The van der Waals surface area contributed by atoms with Gasteiger partial charge in [-0.15, -0.1) is 11.3 Å². The van der Waals surface area contributed by atoms with Crippen LogP contribution in [0, 0.1) is 6.92 Å². The normalized spacial score (nSPS) is 21.2. The summed E-state index contributed by atoms with van der Waals surface area (Å²) in [5.74, 6) is 0.142. The van der Waals surface area contributed by atoms with Crippen molar-refractivity contribution in [1.29, 1.82) is 0 Å². The quantitative estimate of drug-likeness (QED) is 0.867. The van der Waals surface area contributed by atoms with Gasteiger partial charge in [-0.25, -0.2) is 0 Å². The fourth-order valence-electron chi connectivity index (χ4n) is 2.45. The topological polar surface area (TPSA) is 58.4 Å². The fraction of sp³-hybridized carbons (Fsp3) is 0.615. The van der Waals surface area contributed by atoms with Gasteiger partial charge in [-0.3, -0.25) is 9.69 Å². The first-order chi connectivity index (χ1) is 8.58. The number of thiophene rings is 1. The molecule has 0 spiro atoms. The molecule has 1 aromatic heterocycles. The molecule has 0 aromatic carbocycles. The second-order valence-corrected chi connectivity index (χ2v) is 6.21. The Morgan fingerprint density at radius 2 is 2.22 bits per heavy atom. The Kier molecular flexibility index (Phi) is 4.37. The van der Waals surface area contributed by atoms with Crippen LogP contribution < -0.4 is 11.1 Å². The average molecular weight is 267 g/mol. The van der Waals surface area contributed by atoms with E-state index >= 15 is 0 Å². The lowest BCUT2D eigenvalue weighted by atomic mass is 10.1. The summed E-state index contributed by atoms with van der Waals surface area (Å²) in [6.45, 7) is 6.52. The van der Waals surface area contributed by atoms with Crippen molar-refractivity contribution in [2.45, 2.75) is 32.4 Å². The highest BCUT2D eigenvalue weighted by molar-refractivity contribution is 7.12. The van der Waals surface area contributed by atoms with E-state index in [1.807, 2.05) is 6.92 Å². The number of aryl methyl sites for hydroxylation is 1. The average Bonchev–Trinajstić information content (AvgIpc) is 2.60. The molecule has 1 saturated heterocycles. The number of nitrogens with two attached hydrogens (primary N) is 1. The summed E-state index contributed by atoms with van der Waals surface area (Å²) in [5.41, 5.74) is 6.15. The fourth-order valence-corrected chi connectivity index (χ4v) is 3.57. The largest absolute Gasteiger partial charge is 0.355 e. The van der Waals surface area contributed by atoms with Gasteiger partial charge in [-0.2, -0.15) is 0 Å². The molecule has 1 amide bonds. The van der Waals surface area contributed by atoms with Crippen LogP contribution in [0.4, 0.5) is 0 Å². The van der Waals surface area contributed by atoms with E-state index in [1.54, 1.807) is 11.3 Å². The minimum atomic E-state index is 0.0660. The van der Waals surface area contributed by atoms with E-state index in [0.717, 1.165) is 13.1 Å². The van der Waals surface area contributed by atoms with Gasteiger partial charge >= 0.3 is 0 Å². The number of amides is 1. The number of nitrogens with zero attached hydrogens (tertiary/aromatic N) is 1. The van der Waals surface area contributed by atoms with Gasteiger partial charge in [0.05, 0.1) is 6.04 Å². The standard InChI is InChI=1S/C13H21N3OS/c1-9-3-4-11(18-9)13(10(2)14)16-7-5-12(17)15-6-8-16/h3-4,10,13H,5-8,14H2,1-2H3,(H,15,17). The Morgan fingerprint density at radius 1 is 1.44 bits per heavy atom. The van der Waals surface area contributed by atoms with Gasteiger partial charge in [0.15, 0.2) is 0 Å². The summed E-state index contributed by atoms with van der Waals surface area (Å²) in [5, 5.41) is 2.91. The van der Waals surface area contributed by atoms with E-state index in [1.165, 1.54) is 9.75 Å².